The van der Waals surface area contributed by atoms with Gasteiger partial charge in [0.05, 0.1) is 25.4 Å². The number of carbonyl (C=O) groups is 1. The average Bonchev–Trinajstić information content (AvgIpc) is 3.09. The lowest BCUT2D eigenvalue weighted by Crippen LogP contribution is -2.68. The lowest BCUT2D eigenvalue weighted by Gasteiger charge is -2.71. The van der Waals surface area contributed by atoms with Gasteiger partial charge in [0.25, 0.3) is 0 Å². The molecule has 7 aliphatic rings. The first-order valence-corrected chi connectivity index (χ1v) is 20.3. The summed E-state index contributed by atoms with van der Waals surface area (Å²) in [7, 11) is 0. The van der Waals surface area contributed by atoms with Crippen LogP contribution in [0.3, 0.4) is 0 Å². The van der Waals surface area contributed by atoms with Crippen molar-refractivity contribution in [2.24, 2.45) is 50.2 Å². The van der Waals surface area contributed by atoms with Gasteiger partial charge in [-0.15, -0.1) is 0 Å². The highest BCUT2D eigenvalue weighted by molar-refractivity contribution is 5.77. The van der Waals surface area contributed by atoms with Crippen molar-refractivity contribution in [1.29, 1.82) is 0 Å². The number of rotatable bonds is 6. The Hall–Kier alpha value is -1.23. The van der Waals surface area contributed by atoms with E-state index in [0.29, 0.717) is 19.3 Å². The maximum atomic E-state index is 13.1. The standard InChI is InChI=1S/C41H66O13/c1-36(2)14-15-41(35(49)50)21(16-36)20-8-9-25-38(5)12-11-27(37(3,4)24(38)10-13-39(25,6)40(20,7)17-26(41)44)53-34-32(28(45)22(43)19-51-34)54-33-31(48)30(47)29(46)23(18-42)52-33/h8,21-34,42-48H,9-19H2,1-7H3,(H,49,50)/t21-,22-,23+,24?,25?,26+,27-,28-,29+,30-,31+,32+,33-,34-,38-,39+,40+,41+/m0/s1. The number of aliphatic carboxylic acids is 1. The first kappa shape index (κ1) is 40.9. The van der Waals surface area contributed by atoms with Crippen LogP contribution in [-0.2, 0) is 23.7 Å². The Labute approximate surface area is 319 Å². The van der Waals surface area contributed by atoms with Gasteiger partial charge >= 0.3 is 5.97 Å². The molecule has 0 radical (unpaired) electrons. The zero-order chi connectivity index (χ0) is 39.6. The van der Waals surface area contributed by atoms with Crippen LogP contribution in [0.15, 0.2) is 11.6 Å². The summed E-state index contributed by atoms with van der Waals surface area (Å²) in [5, 5.41) is 85.3. The van der Waals surface area contributed by atoms with Crippen molar-refractivity contribution in [2.75, 3.05) is 13.2 Å². The van der Waals surface area contributed by atoms with Crippen LogP contribution in [0.5, 0.6) is 0 Å². The Balaban J connectivity index is 1.14. The normalized spacial score (nSPS) is 53.9. The SMILES string of the molecule is CC1(C)CC[C@]2(C(=O)O)[C@H](O)C[C@]3(C)C(=CCC4[C@@]5(C)CC[C@H](O[C@@H]6OC[C@H](O)[C@H](O)[C@H]6O[C@@H]6O[C@H](CO)[C@@H](O)[C@H](O)[C@H]6O)C(C)(C)C5CC[C@]43C)[C@@H]2C1. The monoisotopic (exact) mass is 766 g/mol. The van der Waals surface area contributed by atoms with Gasteiger partial charge in [-0.05, 0) is 103 Å². The molecule has 5 aliphatic carbocycles. The van der Waals surface area contributed by atoms with E-state index in [1.165, 1.54) is 5.57 Å². The van der Waals surface area contributed by atoms with Crippen molar-refractivity contribution in [3.05, 3.63) is 11.6 Å². The third-order valence-electron chi connectivity index (χ3n) is 16.9. The number of allylic oxidation sites excluding steroid dienone is 2. The lowest BCUT2D eigenvalue weighted by atomic mass is 9.33. The predicted molar refractivity (Wildman–Crippen MR) is 193 cm³/mol. The summed E-state index contributed by atoms with van der Waals surface area (Å²) in [6, 6.07) is 0. The van der Waals surface area contributed by atoms with Gasteiger partial charge in [-0.2, -0.15) is 0 Å². The van der Waals surface area contributed by atoms with E-state index in [1.54, 1.807) is 0 Å². The summed E-state index contributed by atoms with van der Waals surface area (Å²) in [6.07, 6.45) is -5.25. The molecule has 2 aliphatic heterocycles. The molecule has 13 heteroatoms. The summed E-state index contributed by atoms with van der Waals surface area (Å²) in [6.45, 7) is 15.1. The van der Waals surface area contributed by atoms with Crippen LogP contribution >= 0.6 is 0 Å². The number of ether oxygens (including phenoxy) is 4. The minimum atomic E-state index is -1.71. The number of carboxylic acid groups (broad SMARTS) is 1. The van der Waals surface area contributed by atoms with Gasteiger partial charge in [-0.1, -0.05) is 60.1 Å². The van der Waals surface area contributed by atoms with Gasteiger partial charge in [0.2, 0.25) is 0 Å². The molecule has 13 nitrogen and oxygen atoms in total. The third-order valence-corrected chi connectivity index (χ3v) is 16.9. The summed E-state index contributed by atoms with van der Waals surface area (Å²) in [5.74, 6) is -0.571. The Kier molecular flexibility index (Phi) is 10.4. The molecule has 2 saturated heterocycles. The van der Waals surface area contributed by atoms with Crippen molar-refractivity contribution in [3.8, 4) is 0 Å². The molecular weight excluding hydrogens is 700 g/mol. The smallest absolute Gasteiger partial charge is 0.312 e. The van der Waals surface area contributed by atoms with E-state index in [0.717, 1.165) is 38.5 Å². The van der Waals surface area contributed by atoms with Crippen LogP contribution in [0, 0.1) is 50.2 Å². The Morgan fingerprint density at radius 1 is 0.815 bits per heavy atom. The lowest BCUT2D eigenvalue weighted by molar-refractivity contribution is -0.367. The van der Waals surface area contributed by atoms with Crippen LogP contribution in [0.1, 0.15) is 106 Å². The van der Waals surface area contributed by atoms with Gasteiger partial charge in [0, 0.05) is 0 Å². The van der Waals surface area contributed by atoms with Crippen molar-refractivity contribution in [1.82, 2.24) is 0 Å². The zero-order valence-corrected chi connectivity index (χ0v) is 33.1. The van der Waals surface area contributed by atoms with Crippen molar-refractivity contribution >= 4 is 5.97 Å². The highest BCUT2D eigenvalue weighted by atomic mass is 16.8. The predicted octanol–water partition coefficient (Wildman–Crippen LogP) is 2.49. The first-order chi connectivity index (χ1) is 25.1. The van der Waals surface area contributed by atoms with Gasteiger partial charge in [0.15, 0.2) is 12.6 Å². The molecule has 18 atom stereocenters. The Bertz CT molecular complexity index is 1470. The second-order valence-corrected chi connectivity index (χ2v) is 20.3. The van der Waals surface area contributed by atoms with E-state index in [2.05, 4.69) is 54.5 Å². The van der Waals surface area contributed by atoms with Crippen LogP contribution in [0.25, 0.3) is 0 Å². The van der Waals surface area contributed by atoms with E-state index < -0.39 is 79.4 Å². The molecule has 0 spiro atoms. The fraction of sp³-hybridized carbons (Fsp3) is 0.927. The summed E-state index contributed by atoms with van der Waals surface area (Å²) < 4.78 is 24.2. The third kappa shape index (κ3) is 5.84. The van der Waals surface area contributed by atoms with Gasteiger partial charge < -0.3 is 59.8 Å². The van der Waals surface area contributed by atoms with E-state index in [9.17, 15) is 45.6 Å². The number of hydrogen-bond acceptors (Lipinski definition) is 12. The molecule has 4 saturated carbocycles. The highest BCUT2D eigenvalue weighted by Crippen LogP contribution is 2.76. The van der Waals surface area contributed by atoms with E-state index in [4.69, 9.17) is 18.9 Å². The first-order valence-electron chi connectivity index (χ1n) is 20.3. The maximum absolute atomic E-state index is 13.1. The molecule has 0 aromatic heterocycles. The topological polar surface area (TPSA) is 216 Å². The molecular formula is C41H66O13. The summed E-state index contributed by atoms with van der Waals surface area (Å²) in [4.78, 5) is 13.1. The Morgan fingerprint density at radius 2 is 1.52 bits per heavy atom. The molecule has 7 rings (SSSR count). The van der Waals surface area contributed by atoms with Crippen molar-refractivity contribution in [2.45, 2.75) is 174 Å². The Morgan fingerprint density at radius 3 is 2.19 bits per heavy atom. The number of fused-ring (bicyclic) bond motifs is 7. The highest BCUT2D eigenvalue weighted by Gasteiger charge is 2.71. The molecule has 8 N–H and O–H groups in total. The number of aliphatic hydroxyl groups excluding tert-OH is 7. The average molecular weight is 767 g/mol. The summed E-state index contributed by atoms with van der Waals surface area (Å²) in [5.41, 5.74) is -0.931. The van der Waals surface area contributed by atoms with Gasteiger partial charge in [-0.25, -0.2) is 0 Å². The van der Waals surface area contributed by atoms with Crippen LogP contribution in [-0.4, -0.2) is 128 Å². The molecule has 2 heterocycles. The van der Waals surface area contributed by atoms with Crippen molar-refractivity contribution in [3.63, 3.8) is 0 Å². The quantitative estimate of drug-likeness (QED) is 0.144. The molecule has 6 fully saturated rings. The van der Waals surface area contributed by atoms with Gasteiger partial charge in [0.1, 0.15) is 48.1 Å². The van der Waals surface area contributed by atoms with E-state index >= 15 is 0 Å². The summed E-state index contributed by atoms with van der Waals surface area (Å²) >= 11 is 0. The maximum Gasteiger partial charge on any atom is 0.312 e. The largest absolute Gasteiger partial charge is 0.481 e. The minimum Gasteiger partial charge on any atom is -0.481 e. The fourth-order valence-electron chi connectivity index (χ4n) is 13.5. The van der Waals surface area contributed by atoms with E-state index in [1.807, 2.05) is 0 Å². The molecule has 0 aromatic carbocycles. The van der Waals surface area contributed by atoms with Crippen LogP contribution in [0.2, 0.25) is 0 Å². The van der Waals surface area contributed by atoms with Gasteiger partial charge in [-0.3, -0.25) is 4.79 Å². The molecule has 0 bridgehead atoms. The fourth-order valence-corrected chi connectivity index (χ4v) is 13.5. The molecule has 54 heavy (non-hydrogen) atoms. The number of hydrogen-bond donors (Lipinski definition) is 8. The zero-order valence-electron chi connectivity index (χ0n) is 33.1. The number of carboxylic acids is 1. The van der Waals surface area contributed by atoms with E-state index in [-0.39, 0.29) is 57.5 Å². The molecule has 308 valence electrons. The van der Waals surface area contributed by atoms with Crippen LogP contribution < -0.4 is 0 Å². The molecule has 2 unspecified atom stereocenters. The molecule has 0 amide bonds. The second kappa shape index (κ2) is 13.7. The number of aliphatic hydroxyl groups is 7. The molecule has 0 aromatic rings. The van der Waals surface area contributed by atoms with Crippen LogP contribution in [0.4, 0.5) is 0 Å². The van der Waals surface area contributed by atoms with Crippen molar-refractivity contribution < 1.29 is 64.6 Å². The minimum absolute atomic E-state index is 0.0126. The second-order valence-electron chi connectivity index (χ2n) is 20.3.